The van der Waals surface area contributed by atoms with Crippen molar-refractivity contribution < 1.29 is 5.11 Å². The van der Waals surface area contributed by atoms with Crippen molar-refractivity contribution in [1.29, 1.82) is 0 Å². The molecule has 0 amide bonds. The van der Waals surface area contributed by atoms with Crippen LogP contribution in [-0.2, 0) is 7.05 Å². The number of nitrogens with two attached hydrogens (primary N) is 1. The van der Waals surface area contributed by atoms with E-state index in [2.05, 4.69) is 10.3 Å². The third-order valence-electron chi connectivity index (χ3n) is 3.22. The van der Waals surface area contributed by atoms with Crippen LogP contribution in [0.5, 0.6) is 0 Å². The molecule has 0 bridgehead atoms. The average molecular weight is 210 g/mol. The Morgan fingerprint density at radius 1 is 1.60 bits per heavy atom. The van der Waals surface area contributed by atoms with E-state index in [0.29, 0.717) is 12.8 Å². The summed E-state index contributed by atoms with van der Waals surface area (Å²) in [5.74, 6) is 0. The van der Waals surface area contributed by atoms with Gasteiger partial charge in [0.15, 0.2) is 0 Å². The van der Waals surface area contributed by atoms with Gasteiger partial charge in [-0.15, -0.1) is 0 Å². The Morgan fingerprint density at radius 3 is 2.80 bits per heavy atom. The quantitative estimate of drug-likeness (QED) is 0.617. The Kier molecular flexibility index (Phi) is 2.77. The molecular formula is C10H18N4O. The molecule has 1 atom stereocenters. The third-order valence-corrected chi connectivity index (χ3v) is 3.22. The zero-order chi connectivity index (χ0) is 10.9. The molecule has 1 aliphatic rings. The number of imidazole rings is 1. The van der Waals surface area contributed by atoms with Crippen LogP contribution in [0.2, 0.25) is 0 Å². The van der Waals surface area contributed by atoms with E-state index in [9.17, 15) is 5.11 Å². The average Bonchev–Trinajstić information content (AvgIpc) is 2.64. The van der Waals surface area contributed by atoms with Crippen LogP contribution >= 0.6 is 0 Å². The minimum atomic E-state index is -0.793. The fourth-order valence-electron chi connectivity index (χ4n) is 2.11. The molecule has 0 spiro atoms. The van der Waals surface area contributed by atoms with Gasteiger partial charge >= 0.3 is 0 Å². The molecule has 1 aliphatic heterocycles. The van der Waals surface area contributed by atoms with Crippen molar-refractivity contribution in [2.75, 3.05) is 13.1 Å². The molecule has 5 nitrogen and oxygen atoms in total. The van der Waals surface area contributed by atoms with E-state index in [1.807, 2.05) is 11.6 Å². The summed E-state index contributed by atoms with van der Waals surface area (Å²) in [5.41, 5.74) is 6.21. The number of aliphatic hydroxyl groups is 1. The maximum absolute atomic E-state index is 10.4. The van der Waals surface area contributed by atoms with Gasteiger partial charge in [0.1, 0.15) is 0 Å². The molecule has 1 aromatic rings. The van der Waals surface area contributed by atoms with Crippen LogP contribution in [0.15, 0.2) is 12.5 Å². The molecule has 84 valence electrons. The second kappa shape index (κ2) is 3.92. The first-order chi connectivity index (χ1) is 7.13. The highest BCUT2D eigenvalue weighted by Gasteiger charge is 2.37. The van der Waals surface area contributed by atoms with Gasteiger partial charge in [-0.2, -0.15) is 0 Å². The Balaban J connectivity index is 2.19. The molecule has 2 rings (SSSR count). The lowest BCUT2D eigenvalue weighted by Gasteiger charge is -2.37. The monoisotopic (exact) mass is 210 g/mol. The Hall–Kier alpha value is -0.910. The summed E-state index contributed by atoms with van der Waals surface area (Å²) < 4.78 is 1.87. The van der Waals surface area contributed by atoms with Gasteiger partial charge in [0.2, 0.25) is 0 Å². The van der Waals surface area contributed by atoms with Crippen LogP contribution in [0, 0.1) is 0 Å². The number of hydrogen-bond donors (Lipinski definition) is 3. The van der Waals surface area contributed by atoms with E-state index < -0.39 is 5.60 Å². The molecule has 0 saturated carbocycles. The second-order valence-electron chi connectivity index (χ2n) is 4.26. The van der Waals surface area contributed by atoms with Gasteiger partial charge in [0.25, 0.3) is 0 Å². The molecule has 2 heterocycles. The van der Waals surface area contributed by atoms with Crippen LogP contribution in [-0.4, -0.2) is 33.3 Å². The Morgan fingerprint density at radius 2 is 2.27 bits per heavy atom. The predicted molar refractivity (Wildman–Crippen MR) is 57.2 cm³/mol. The highest BCUT2D eigenvalue weighted by molar-refractivity contribution is 5.11. The van der Waals surface area contributed by atoms with Gasteiger partial charge in [0, 0.05) is 13.2 Å². The van der Waals surface area contributed by atoms with Gasteiger partial charge in [0.05, 0.1) is 23.7 Å². The lowest BCUT2D eigenvalue weighted by molar-refractivity contribution is -0.0161. The van der Waals surface area contributed by atoms with Gasteiger partial charge < -0.3 is 20.7 Å². The summed E-state index contributed by atoms with van der Waals surface area (Å²) in [7, 11) is 1.90. The highest BCUT2D eigenvalue weighted by atomic mass is 16.3. The smallest absolute Gasteiger partial charge is 0.0946 e. The molecule has 1 unspecified atom stereocenters. The summed E-state index contributed by atoms with van der Waals surface area (Å²) in [6.07, 6.45) is 4.82. The van der Waals surface area contributed by atoms with Crippen LogP contribution in [0.4, 0.5) is 0 Å². The first-order valence-electron chi connectivity index (χ1n) is 5.28. The number of piperidine rings is 1. The maximum Gasteiger partial charge on any atom is 0.0946 e. The molecule has 0 aliphatic carbocycles. The number of nitrogens with zero attached hydrogens (tertiary/aromatic N) is 2. The molecule has 1 aromatic heterocycles. The lowest BCUT2D eigenvalue weighted by Crippen LogP contribution is -2.49. The molecule has 15 heavy (non-hydrogen) atoms. The molecule has 1 saturated heterocycles. The largest absolute Gasteiger partial charge is 0.388 e. The molecule has 4 N–H and O–H groups in total. The van der Waals surface area contributed by atoms with E-state index in [1.54, 1.807) is 12.5 Å². The lowest BCUT2D eigenvalue weighted by atomic mass is 9.84. The van der Waals surface area contributed by atoms with Crippen molar-refractivity contribution in [2.24, 2.45) is 12.8 Å². The molecule has 0 radical (unpaired) electrons. The fourth-order valence-corrected chi connectivity index (χ4v) is 2.11. The van der Waals surface area contributed by atoms with Crippen molar-refractivity contribution in [3.05, 3.63) is 18.2 Å². The van der Waals surface area contributed by atoms with Crippen molar-refractivity contribution in [3.8, 4) is 0 Å². The summed E-state index contributed by atoms with van der Waals surface area (Å²) >= 11 is 0. The molecular weight excluding hydrogens is 192 g/mol. The number of hydrogen-bond acceptors (Lipinski definition) is 4. The van der Waals surface area contributed by atoms with Crippen molar-refractivity contribution >= 4 is 0 Å². The van der Waals surface area contributed by atoms with Crippen LogP contribution < -0.4 is 11.1 Å². The van der Waals surface area contributed by atoms with Crippen molar-refractivity contribution in [1.82, 2.24) is 14.9 Å². The summed E-state index contributed by atoms with van der Waals surface area (Å²) in [6.45, 7) is 1.64. The Labute approximate surface area is 89.3 Å². The zero-order valence-electron chi connectivity index (χ0n) is 8.98. The van der Waals surface area contributed by atoms with Crippen molar-refractivity contribution in [3.63, 3.8) is 0 Å². The van der Waals surface area contributed by atoms with Gasteiger partial charge in [-0.3, -0.25) is 0 Å². The summed E-state index contributed by atoms with van der Waals surface area (Å²) in [5, 5.41) is 13.6. The maximum atomic E-state index is 10.4. The molecule has 1 fully saturated rings. The number of aryl methyl sites for hydroxylation is 1. The van der Waals surface area contributed by atoms with Gasteiger partial charge in [-0.05, 0) is 25.9 Å². The number of nitrogens with one attached hydrogen (secondary N) is 1. The number of aromatic nitrogens is 2. The number of rotatable bonds is 2. The molecule has 5 heteroatoms. The first kappa shape index (κ1) is 10.6. The van der Waals surface area contributed by atoms with E-state index in [0.717, 1.165) is 18.8 Å². The van der Waals surface area contributed by atoms with E-state index in [-0.39, 0.29) is 6.04 Å². The summed E-state index contributed by atoms with van der Waals surface area (Å²) in [6, 6.07) is -0.355. The topological polar surface area (TPSA) is 76.1 Å². The third kappa shape index (κ3) is 1.90. The summed E-state index contributed by atoms with van der Waals surface area (Å²) in [4.78, 5) is 4.02. The standard InChI is InChI=1S/C10H18N4O/c1-14-7-13-6-8(14)9(11)10(15)2-4-12-5-3-10/h6-7,9,12,15H,2-5,11H2,1H3. The minimum absolute atomic E-state index is 0.355. The second-order valence-corrected chi connectivity index (χ2v) is 4.26. The predicted octanol–water partition coefficient (Wildman–Crippen LogP) is -0.466. The first-order valence-corrected chi connectivity index (χ1v) is 5.28. The highest BCUT2D eigenvalue weighted by Crippen LogP contribution is 2.30. The van der Waals surface area contributed by atoms with E-state index in [4.69, 9.17) is 5.73 Å². The molecule has 0 aromatic carbocycles. The van der Waals surface area contributed by atoms with Crippen LogP contribution in [0.25, 0.3) is 0 Å². The Bertz CT molecular complexity index is 330. The van der Waals surface area contributed by atoms with Gasteiger partial charge in [-0.1, -0.05) is 0 Å². The fraction of sp³-hybridized carbons (Fsp3) is 0.700. The van der Waals surface area contributed by atoms with Crippen molar-refractivity contribution in [2.45, 2.75) is 24.5 Å². The van der Waals surface area contributed by atoms with E-state index in [1.165, 1.54) is 0 Å². The normalized spacial score (nSPS) is 22.6. The zero-order valence-corrected chi connectivity index (χ0v) is 8.98. The minimum Gasteiger partial charge on any atom is -0.388 e. The SMILES string of the molecule is Cn1cncc1C(N)C1(O)CCNCC1. The van der Waals surface area contributed by atoms with Crippen LogP contribution in [0.1, 0.15) is 24.6 Å². The van der Waals surface area contributed by atoms with Crippen LogP contribution in [0.3, 0.4) is 0 Å². The van der Waals surface area contributed by atoms with E-state index >= 15 is 0 Å². The van der Waals surface area contributed by atoms with Gasteiger partial charge in [-0.25, -0.2) is 4.98 Å².